The van der Waals surface area contributed by atoms with E-state index in [0.29, 0.717) is 33.4 Å². The number of aromatic nitrogens is 4. The maximum Gasteiger partial charge on any atom is 0.416 e. The van der Waals surface area contributed by atoms with Gasteiger partial charge in [-0.25, -0.2) is 19.9 Å². The van der Waals surface area contributed by atoms with E-state index in [1.807, 2.05) is 13.2 Å². The van der Waals surface area contributed by atoms with E-state index < -0.39 is 17.6 Å². The molecule has 0 saturated carbocycles. The standard InChI is InChI=1S/C22H17F3N6OS/c1-12-6-7-15(29-20(32)13-4-3-5-14(8-13)22(23,24)25)9-17(12)30-18-16-10-26-21(33-2)31-19(16)28-11-27-18/h3-11H,1-2H3,(H,29,32)(H,26,27,28,30,31). The highest BCUT2D eigenvalue weighted by molar-refractivity contribution is 7.98. The topological polar surface area (TPSA) is 92.7 Å². The molecule has 33 heavy (non-hydrogen) atoms. The van der Waals surface area contributed by atoms with Crippen LogP contribution in [0, 0.1) is 6.92 Å². The molecule has 11 heteroatoms. The van der Waals surface area contributed by atoms with Crippen molar-refractivity contribution in [1.82, 2.24) is 19.9 Å². The lowest BCUT2D eigenvalue weighted by molar-refractivity contribution is -0.137. The highest BCUT2D eigenvalue weighted by Gasteiger charge is 2.30. The molecule has 0 bridgehead atoms. The van der Waals surface area contributed by atoms with Crippen LogP contribution in [0.1, 0.15) is 21.5 Å². The third-order valence-corrected chi connectivity index (χ3v) is 5.31. The number of hydrogen-bond acceptors (Lipinski definition) is 7. The molecule has 0 unspecified atom stereocenters. The average molecular weight is 470 g/mol. The van der Waals surface area contributed by atoms with Crippen molar-refractivity contribution in [3.63, 3.8) is 0 Å². The van der Waals surface area contributed by atoms with Gasteiger partial charge in [0.1, 0.15) is 12.1 Å². The van der Waals surface area contributed by atoms with Crippen molar-refractivity contribution in [3.05, 3.63) is 71.7 Å². The fourth-order valence-electron chi connectivity index (χ4n) is 3.03. The lowest BCUT2D eigenvalue weighted by Gasteiger charge is -2.13. The monoisotopic (exact) mass is 470 g/mol. The van der Waals surface area contributed by atoms with Crippen LogP contribution in [-0.2, 0) is 6.18 Å². The molecule has 2 aromatic carbocycles. The van der Waals surface area contributed by atoms with E-state index >= 15 is 0 Å². The number of alkyl halides is 3. The summed E-state index contributed by atoms with van der Waals surface area (Å²) >= 11 is 1.40. The molecule has 0 fully saturated rings. The van der Waals surface area contributed by atoms with Gasteiger partial charge >= 0.3 is 6.18 Å². The summed E-state index contributed by atoms with van der Waals surface area (Å²) in [5.41, 5.74) is 1.42. The van der Waals surface area contributed by atoms with Crippen LogP contribution in [-0.4, -0.2) is 32.1 Å². The van der Waals surface area contributed by atoms with Gasteiger partial charge in [-0.1, -0.05) is 23.9 Å². The first-order valence-corrected chi connectivity index (χ1v) is 10.8. The van der Waals surface area contributed by atoms with Crippen molar-refractivity contribution >= 4 is 45.9 Å². The lowest BCUT2D eigenvalue weighted by atomic mass is 10.1. The summed E-state index contributed by atoms with van der Waals surface area (Å²) in [7, 11) is 0. The zero-order chi connectivity index (χ0) is 23.6. The highest BCUT2D eigenvalue weighted by Crippen LogP contribution is 2.30. The maximum absolute atomic E-state index is 13.0. The van der Waals surface area contributed by atoms with Gasteiger partial charge in [-0.15, -0.1) is 0 Å². The molecular weight excluding hydrogens is 453 g/mol. The molecule has 1 amide bonds. The molecule has 0 aliphatic heterocycles. The molecule has 0 aliphatic rings. The van der Waals surface area contributed by atoms with Crippen molar-refractivity contribution in [2.45, 2.75) is 18.3 Å². The van der Waals surface area contributed by atoms with Crippen LogP contribution in [0.15, 0.2) is 60.1 Å². The van der Waals surface area contributed by atoms with Crippen molar-refractivity contribution in [2.75, 3.05) is 16.9 Å². The summed E-state index contributed by atoms with van der Waals surface area (Å²) < 4.78 is 38.9. The van der Waals surface area contributed by atoms with Gasteiger partial charge in [0.25, 0.3) is 5.91 Å². The molecule has 0 aliphatic carbocycles. The molecule has 168 valence electrons. The van der Waals surface area contributed by atoms with E-state index in [1.54, 1.807) is 24.4 Å². The number of benzene rings is 2. The SMILES string of the molecule is CSc1ncc2c(Nc3cc(NC(=O)c4cccc(C(F)(F)F)c4)ccc3C)ncnc2n1. The van der Waals surface area contributed by atoms with Gasteiger partial charge in [-0.3, -0.25) is 4.79 Å². The number of carbonyl (C=O) groups excluding carboxylic acids is 1. The summed E-state index contributed by atoms with van der Waals surface area (Å²) in [6.45, 7) is 1.87. The second-order valence-electron chi connectivity index (χ2n) is 7.00. The number of nitrogens with one attached hydrogen (secondary N) is 2. The van der Waals surface area contributed by atoms with E-state index in [1.165, 1.54) is 30.2 Å². The van der Waals surface area contributed by atoms with Crippen LogP contribution in [0.5, 0.6) is 0 Å². The van der Waals surface area contributed by atoms with E-state index in [4.69, 9.17) is 0 Å². The Morgan fingerprint density at radius 1 is 1.06 bits per heavy atom. The van der Waals surface area contributed by atoms with Crippen molar-refractivity contribution in [1.29, 1.82) is 0 Å². The first-order chi connectivity index (χ1) is 15.7. The fourth-order valence-corrected chi connectivity index (χ4v) is 3.37. The zero-order valence-electron chi connectivity index (χ0n) is 17.4. The molecular formula is C22H17F3N6OS. The molecule has 2 N–H and O–H groups in total. The van der Waals surface area contributed by atoms with Crippen LogP contribution in [0.2, 0.25) is 0 Å². The van der Waals surface area contributed by atoms with Gasteiger partial charge in [-0.05, 0) is 49.1 Å². The summed E-state index contributed by atoms with van der Waals surface area (Å²) in [5, 5.41) is 7.04. The van der Waals surface area contributed by atoms with Crippen molar-refractivity contribution in [2.24, 2.45) is 0 Å². The predicted molar refractivity (Wildman–Crippen MR) is 121 cm³/mol. The summed E-state index contributed by atoms with van der Waals surface area (Å²) in [4.78, 5) is 29.6. The minimum atomic E-state index is -4.53. The fraction of sp³-hybridized carbons (Fsp3) is 0.136. The van der Waals surface area contributed by atoms with Crippen molar-refractivity contribution in [3.8, 4) is 0 Å². The first-order valence-electron chi connectivity index (χ1n) is 9.62. The number of amides is 1. The molecule has 4 aromatic rings. The van der Waals surface area contributed by atoms with Gasteiger partial charge < -0.3 is 10.6 Å². The van der Waals surface area contributed by atoms with E-state index in [9.17, 15) is 18.0 Å². The predicted octanol–water partition coefficient (Wildman–Crippen LogP) is 5.46. The molecule has 0 atom stereocenters. The number of carbonyl (C=O) groups is 1. The van der Waals surface area contributed by atoms with E-state index in [2.05, 4.69) is 30.6 Å². The number of aryl methyl sites for hydroxylation is 1. The number of halogens is 3. The minimum Gasteiger partial charge on any atom is -0.339 e. The smallest absolute Gasteiger partial charge is 0.339 e. The summed E-state index contributed by atoms with van der Waals surface area (Å²) in [6.07, 6.45) is 0.351. The number of fused-ring (bicyclic) bond motifs is 1. The zero-order valence-corrected chi connectivity index (χ0v) is 18.3. The van der Waals surface area contributed by atoms with E-state index in [-0.39, 0.29) is 5.56 Å². The average Bonchev–Trinajstić information content (AvgIpc) is 2.80. The van der Waals surface area contributed by atoms with E-state index in [0.717, 1.165) is 17.7 Å². The third kappa shape index (κ3) is 5.03. The number of anilines is 3. The number of nitrogens with zero attached hydrogens (tertiary/aromatic N) is 4. The number of thioether (sulfide) groups is 1. The Kier molecular flexibility index (Phi) is 6.14. The lowest BCUT2D eigenvalue weighted by Crippen LogP contribution is -2.14. The first kappa shape index (κ1) is 22.5. The van der Waals surface area contributed by atoms with Crippen molar-refractivity contribution < 1.29 is 18.0 Å². The molecule has 2 heterocycles. The summed E-state index contributed by atoms with van der Waals surface area (Å²) in [6, 6.07) is 9.37. The minimum absolute atomic E-state index is 0.0940. The molecule has 4 rings (SSSR count). The Hall–Kier alpha value is -3.73. The van der Waals surface area contributed by atoms with Crippen LogP contribution >= 0.6 is 11.8 Å². The molecule has 2 aromatic heterocycles. The molecule has 0 saturated heterocycles. The summed E-state index contributed by atoms with van der Waals surface area (Å²) in [5.74, 6) is -0.168. The maximum atomic E-state index is 13.0. The van der Waals surface area contributed by atoms with Gasteiger partial charge in [-0.2, -0.15) is 13.2 Å². The Morgan fingerprint density at radius 2 is 1.88 bits per heavy atom. The highest BCUT2D eigenvalue weighted by atomic mass is 32.2. The van der Waals surface area contributed by atoms with Gasteiger partial charge in [0.15, 0.2) is 10.8 Å². The number of rotatable bonds is 5. The Labute approximate surface area is 190 Å². The molecule has 7 nitrogen and oxygen atoms in total. The van der Waals surface area contributed by atoms with Crippen LogP contribution in [0.3, 0.4) is 0 Å². The normalized spacial score (nSPS) is 11.4. The third-order valence-electron chi connectivity index (χ3n) is 4.75. The van der Waals surface area contributed by atoms with Gasteiger partial charge in [0.05, 0.1) is 10.9 Å². The largest absolute Gasteiger partial charge is 0.416 e. The quantitative estimate of drug-likeness (QED) is 0.295. The second kappa shape index (κ2) is 9.02. The Balaban J connectivity index is 1.59. The number of hydrogen-bond donors (Lipinski definition) is 2. The van der Waals surface area contributed by atoms with Gasteiger partial charge in [0, 0.05) is 23.1 Å². The second-order valence-corrected chi connectivity index (χ2v) is 7.78. The van der Waals surface area contributed by atoms with Crippen LogP contribution in [0.25, 0.3) is 11.0 Å². The van der Waals surface area contributed by atoms with Gasteiger partial charge in [0.2, 0.25) is 0 Å². The van der Waals surface area contributed by atoms with Crippen LogP contribution < -0.4 is 10.6 Å². The Bertz CT molecular complexity index is 1350. The van der Waals surface area contributed by atoms with Crippen LogP contribution in [0.4, 0.5) is 30.4 Å². The molecule has 0 radical (unpaired) electrons. The molecule has 0 spiro atoms. The Morgan fingerprint density at radius 3 is 2.64 bits per heavy atom.